The first kappa shape index (κ1) is 18.4. The lowest BCUT2D eigenvalue weighted by molar-refractivity contribution is 0.278. The third kappa shape index (κ3) is 4.25. The van der Waals surface area contributed by atoms with Gasteiger partial charge in [-0.05, 0) is 24.5 Å². The van der Waals surface area contributed by atoms with Crippen molar-refractivity contribution in [2.45, 2.75) is 51.5 Å². The zero-order valence-electron chi connectivity index (χ0n) is 14.6. The molecular weight excluding hydrogens is 336 g/mol. The van der Waals surface area contributed by atoms with Crippen LogP contribution in [0.2, 0.25) is 5.02 Å². The number of hydrogen-bond donors (Lipinski definition) is 2. The van der Waals surface area contributed by atoms with E-state index in [9.17, 15) is 10.2 Å². The third-order valence-electron chi connectivity index (χ3n) is 5.23. The molecule has 1 aliphatic rings. The Morgan fingerprint density at radius 3 is 2.60 bits per heavy atom. The second-order valence-corrected chi connectivity index (χ2v) is 7.31. The predicted octanol–water partition coefficient (Wildman–Crippen LogP) is 4.39. The molecule has 4 nitrogen and oxygen atoms in total. The Morgan fingerprint density at radius 1 is 1.16 bits per heavy atom. The number of rotatable bonds is 6. The summed E-state index contributed by atoms with van der Waals surface area (Å²) in [7, 11) is 0. The quantitative estimate of drug-likeness (QED) is 0.591. The summed E-state index contributed by atoms with van der Waals surface area (Å²) >= 11 is 6.50. The second kappa shape index (κ2) is 8.84. The van der Waals surface area contributed by atoms with Gasteiger partial charge < -0.3 is 14.8 Å². The molecule has 0 saturated heterocycles. The van der Waals surface area contributed by atoms with Crippen LogP contribution in [0.4, 0.5) is 0 Å². The molecule has 0 unspecified atom stereocenters. The fraction of sp³-hybridized carbons (Fsp3) is 0.550. The molecule has 2 aromatic rings. The van der Waals surface area contributed by atoms with Crippen LogP contribution in [0.15, 0.2) is 29.4 Å². The largest absolute Gasteiger partial charge is 0.395 e. The molecule has 0 spiro atoms. The maximum atomic E-state index is 9.47. The topological polar surface area (TPSA) is 57.8 Å². The summed E-state index contributed by atoms with van der Waals surface area (Å²) in [6, 6.07) is 5.83. The molecule has 3 rings (SSSR count). The van der Waals surface area contributed by atoms with Crippen molar-refractivity contribution < 1.29 is 10.2 Å². The van der Waals surface area contributed by atoms with E-state index in [1.807, 2.05) is 29.0 Å². The van der Waals surface area contributed by atoms with E-state index < -0.39 is 0 Å². The van der Waals surface area contributed by atoms with Crippen molar-refractivity contribution in [2.24, 2.45) is 10.9 Å². The average Bonchev–Trinajstić information content (AvgIpc) is 2.79. The molecule has 0 atom stereocenters. The molecule has 0 bridgehead atoms. The second-order valence-electron chi connectivity index (χ2n) is 6.90. The summed E-state index contributed by atoms with van der Waals surface area (Å²) in [6.45, 7) is 0.386. The number of aromatic nitrogens is 1. The molecular formula is C20H27ClN2O2. The smallest absolute Gasteiger partial charge is 0.134 e. The monoisotopic (exact) mass is 362 g/mol. The Balaban J connectivity index is 1.99. The van der Waals surface area contributed by atoms with Gasteiger partial charge in [0.25, 0.3) is 0 Å². The summed E-state index contributed by atoms with van der Waals surface area (Å²) in [5, 5.41) is 20.5. The molecule has 0 amide bonds. The number of hydrogen-bond acceptors (Lipinski definition) is 3. The van der Waals surface area contributed by atoms with Crippen molar-refractivity contribution in [3.8, 4) is 0 Å². The number of halogens is 1. The van der Waals surface area contributed by atoms with Crippen molar-refractivity contribution in [1.29, 1.82) is 0 Å². The number of nitrogens with zero attached hydrogens (tertiary/aromatic N) is 2. The van der Waals surface area contributed by atoms with Crippen LogP contribution in [-0.4, -0.2) is 33.8 Å². The predicted molar refractivity (Wildman–Crippen MR) is 103 cm³/mol. The zero-order chi connectivity index (χ0) is 17.6. The highest BCUT2D eigenvalue weighted by Gasteiger charge is 2.20. The molecule has 1 aromatic heterocycles. The summed E-state index contributed by atoms with van der Waals surface area (Å²) in [6.07, 6.45) is 10.6. The molecule has 1 fully saturated rings. The SMILES string of the molecule is OCCn1cc(C(CC2CCCCCC2)=NCO)c2c(Cl)cccc21. The van der Waals surface area contributed by atoms with Gasteiger partial charge in [-0.25, -0.2) is 0 Å². The van der Waals surface area contributed by atoms with Gasteiger partial charge in [0.1, 0.15) is 6.73 Å². The number of benzene rings is 1. The Hall–Kier alpha value is -1.36. The fourth-order valence-corrected chi connectivity index (χ4v) is 4.28. The van der Waals surface area contributed by atoms with Crippen molar-refractivity contribution >= 4 is 28.2 Å². The normalized spacial score (nSPS) is 17.2. The lowest BCUT2D eigenvalue weighted by atomic mass is 9.91. The van der Waals surface area contributed by atoms with Crippen LogP contribution in [0.1, 0.15) is 50.5 Å². The molecule has 5 heteroatoms. The van der Waals surface area contributed by atoms with Gasteiger partial charge in [0.15, 0.2) is 0 Å². The number of fused-ring (bicyclic) bond motifs is 1. The van der Waals surface area contributed by atoms with Gasteiger partial charge in [-0.1, -0.05) is 56.2 Å². The average molecular weight is 363 g/mol. The van der Waals surface area contributed by atoms with E-state index in [1.54, 1.807) is 0 Å². The number of aliphatic hydroxyl groups excluding tert-OH is 2. The van der Waals surface area contributed by atoms with Gasteiger partial charge in [-0.15, -0.1) is 0 Å². The van der Waals surface area contributed by atoms with Gasteiger partial charge in [0, 0.05) is 29.4 Å². The zero-order valence-corrected chi connectivity index (χ0v) is 15.4. The van der Waals surface area contributed by atoms with E-state index in [0.29, 0.717) is 17.5 Å². The van der Waals surface area contributed by atoms with Crippen LogP contribution in [0, 0.1) is 5.92 Å². The first-order chi connectivity index (χ1) is 12.2. The van der Waals surface area contributed by atoms with Crippen molar-refractivity contribution in [1.82, 2.24) is 4.57 Å². The van der Waals surface area contributed by atoms with Gasteiger partial charge in [-0.3, -0.25) is 4.99 Å². The third-order valence-corrected chi connectivity index (χ3v) is 5.54. The Bertz CT molecular complexity index is 731. The van der Waals surface area contributed by atoms with Crippen LogP contribution >= 0.6 is 11.6 Å². The molecule has 136 valence electrons. The first-order valence-electron chi connectivity index (χ1n) is 9.27. The van der Waals surface area contributed by atoms with Gasteiger partial charge in [-0.2, -0.15) is 0 Å². The van der Waals surface area contributed by atoms with E-state index in [4.69, 9.17) is 11.6 Å². The lowest BCUT2D eigenvalue weighted by Gasteiger charge is -2.15. The van der Waals surface area contributed by atoms with Gasteiger partial charge >= 0.3 is 0 Å². The molecule has 0 aliphatic heterocycles. The molecule has 1 aliphatic carbocycles. The summed E-state index contributed by atoms with van der Waals surface area (Å²) < 4.78 is 2.02. The minimum absolute atomic E-state index is 0.0742. The Labute approximate surface area is 154 Å². The van der Waals surface area contributed by atoms with E-state index in [2.05, 4.69) is 4.99 Å². The first-order valence-corrected chi connectivity index (χ1v) is 9.65. The van der Waals surface area contributed by atoms with Crippen molar-refractivity contribution in [3.05, 3.63) is 35.0 Å². The highest BCUT2D eigenvalue weighted by molar-refractivity contribution is 6.37. The maximum absolute atomic E-state index is 9.47. The standard InChI is InChI=1S/C20H27ClN2O2/c21-17-8-5-9-19-20(17)16(13-23(19)10-11-24)18(22-14-25)12-15-6-3-1-2-4-7-15/h5,8-9,13,15,24-25H,1-4,6-7,10-12,14H2. The number of aliphatic hydroxyl groups is 2. The van der Waals surface area contributed by atoms with Crippen molar-refractivity contribution in [3.63, 3.8) is 0 Å². The van der Waals surface area contributed by atoms with Crippen LogP contribution in [-0.2, 0) is 6.54 Å². The van der Waals surface area contributed by atoms with Crippen LogP contribution < -0.4 is 0 Å². The molecule has 2 N–H and O–H groups in total. The van der Waals surface area contributed by atoms with Gasteiger partial charge in [0.05, 0.1) is 17.1 Å². The molecule has 0 radical (unpaired) electrons. The Morgan fingerprint density at radius 2 is 1.92 bits per heavy atom. The Kier molecular flexibility index (Phi) is 6.51. The highest BCUT2D eigenvalue weighted by atomic mass is 35.5. The summed E-state index contributed by atoms with van der Waals surface area (Å²) in [4.78, 5) is 4.42. The van der Waals surface area contributed by atoms with E-state index in [-0.39, 0.29) is 13.3 Å². The molecule has 25 heavy (non-hydrogen) atoms. The van der Waals surface area contributed by atoms with Crippen LogP contribution in [0.5, 0.6) is 0 Å². The van der Waals surface area contributed by atoms with Gasteiger partial charge in [0.2, 0.25) is 0 Å². The fourth-order valence-electron chi connectivity index (χ4n) is 4.01. The molecule has 1 aromatic carbocycles. The molecule has 1 saturated carbocycles. The number of aliphatic imine (C=N–C) groups is 1. The minimum Gasteiger partial charge on any atom is -0.395 e. The summed E-state index contributed by atoms with van der Waals surface area (Å²) in [5.74, 6) is 0.617. The van der Waals surface area contributed by atoms with Crippen LogP contribution in [0.25, 0.3) is 10.9 Å². The summed E-state index contributed by atoms with van der Waals surface area (Å²) in [5.41, 5.74) is 2.93. The van der Waals surface area contributed by atoms with Crippen molar-refractivity contribution in [2.75, 3.05) is 13.3 Å². The lowest BCUT2D eigenvalue weighted by Crippen LogP contribution is -2.10. The molecule has 1 heterocycles. The van der Waals surface area contributed by atoms with E-state index in [1.165, 1.54) is 38.5 Å². The maximum Gasteiger partial charge on any atom is 0.134 e. The van der Waals surface area contributed by atoms with E-state index >= 15 is 0 Å². The highest BCUT2D eigenvalue weighted by Crippen LogP contribution is 2.33. The van der Waals surface area contributed by atoms with Crippen LogP contribution in [0.3, 0.4) is 0 Å². The van der Waals surface area contributed by atoms with E-state index in [0.717, 1.165) is 28.6 Å². The minimum atomic E-state index is -0.209.